The molecule has 0 radical (unpaired) electrons. The lowest BCUT2D eigenvalue weighted by Crippen LogP contribution is -2.18. The highest BCUT2D eigenvalue weighted by atomic mass is 79.9. The standard InChI is InChI=1S/C15H13BrN2OS/c1-20-12-8-6-11(7-9-12)10-17-18-15(19)13-4-2-3-5-14(13)16/h2-10H,1H3,(H,18,19). The van der Waals surface area contributed by atoms with Crippen LogP contribution in [0.1, 0.15) is 15.9 Å². The first-order chi connectivity index (χ1) is 9.70. The molecular weight excluding hydrogens is 336 g/mol. The monoisotopic (exact) mass is 348 g/mol. The molecule has 0 fully saturated rings. The molecular formula is C15H13BrN2OS. The van der Waals surface area contributed by atoms with E-state index >= 15 is 0 Å². The molecule has 3 nitrogen and oxygen atoms in total. The van der Waals surface area contributed by atoms with E-state index in [-0.39, 0.29) is 5.91 Å². The molecule has 1 N–H and O–H groups in total. The van der Waals surface area contributed by atoms with E-state index < -0.39 is 0 Å². The first-order valence-electron chi connectivity index (χ1n) is 5.92. The molecule has 2 aromatic rings. The molecule has 2 rings (SSSR count). The van der Waals surface area contributed by atoms with E-state index in [4.69, 9.17) is 0 Å². The predicted octanol–water partition coefficient (Wildman–Crippen LogP) is 3.93. The van der Waals surface area contributed by atoms with Gasteiger partial charge in [0.05, 0.1) is 11.8 Å². The van der Waals surface area contributed by atoms with E-state index in [1.165, 1.54) is 4.90 Å². The van der Waals surface area contributed by atoms with E-state index in [1.807, 2.05) is 48.7 Å². The summed E-state index contributed by atoms with van der Waals surface area (Å²) in [6, 6.07) is 15.2. The van der Waals surface area contributed by atoms with E-state index in [0.717, 1.165) is 10.0 Å². The molecule has 20 heavy (non-hydrogen) atoms. The lowest BCUT2D eigenvalue weighted by atomic mass is 10.2. The molecule has 0 aromatic heterocycles. The molecule has 0 atom stereocenters. The quantitative estimate of drug-likeness (QED) is 0.516. The smallest absolute Gasteiger partial charge is 0.267 e. The SMILES string of the molecule is CSc1ccc(C=NNC(=O)c2ccccc2Br)cc1. The molecule has 0 saturated heterocycles. The number of nitrogens with one attached hydrogen (secondary N) is 1. The van der Waals surface area contributed by atoms with Crippen molar-refractivity contribution in [3.05, 3.63) is 64.1 Å². The Bertz CT molecular complexity index is 626. The summed E-state index contributed by atoms with van der Waals surface area (Å²) in [6.07, 6.45) is 3.65. The van der Waals surface area contributed by atoms with Gasteiger partial charge in [0.25, 0.3) is 5.91 Å². The maximum Gasteiger partial charge on any atom is 0.272 e. The second kappa shape index (κ2) is 7.26. The highest BCUT2D eigenvalue weighted by Crippen LogP contribution is 2.15. The summed E-state index contributed by atoms with van der Waals surface area (Å²) < 4.78 is 0.747. The molecule has 0 spiro atoms. The number of hydrogen-bond acceptors (Lipinski definition) is 3. The van der Waals surface area contributed by atoms with Gasteiger partial charge in [0.2, 0.25) is 0 Å². The number of carbonyl (C=O) groups is 1. The summed E-state index contributed by atoms with van der Waals surface area (Å²) in [7, 11) is 0. The van der Waals surface area contributed by atoms with Crippen LogP contribution in [0.25, 0.3) is 0 Å². The summed E-state index contributed by atoms with van der Waals surface area (Å²) in [6.45, 7) is 0. The molecule has 0 aliphatic carbocycles. The van der Waals surface area contributed by atoms with Crippen molar-refractivity contribution in [1.82, 2.24) is 5.43 Å². The van der Waals surface area contributed by atoms with Crippen LogP contribution in [0.4, 0.5) is 0 Å². The van der Waals surface area contributed by atoms with Gasteiger partial charge in [0.1, 0.15) is 0 Å². The normalized spacial score (nSPS) is 10.7. The number of hydrazone groups is 1. The Hall–Kier alpha value is -1.59. The van der Waals surface area contributed by atoms with E-state index in [2.05, 4.69) is 26.5 Å². The molecule has 0 saturated carbocycles. The highest BCUT2D eigenvalue weighted by Gasteiger charge is 2.07. The van der Waals surface area contributed by atoms with Crippen molar-refractivity contribution in [3.8, 4) is 0 Å². The maximum atomic E-state index is 11.9. The van der Waals surface area contributed by atoms with Crippen molar-refractivity contribution >= 4 is 39.8 Å². The molecule has 1 amide bonds. The van der Waals surface area contributed by atoms with Crippen LogP contribution in [0.2, 0.25) is 0 Å². The summed E-state index contributed by atoms with van der Waals surface area (Å²) in [5, 5.41) is 3.96. The first-order valence-corrected chi connectivity index (χ1v) is 7.94. The number of rotatable bonds is 4. The second-order valence-electron chi connectivity index (χ2n) is 3.95. The zero-order chi connectivity index (χ0) is 14.4. The van der Waals surface area contributed by atoms with Crippen molar-refractivity contribution in [2.75, 3.05) is 6.26 Å². The molecule has 0 unspecified atom stereocenters. The molecule has 0 heterocycles. The van der Waals surface area contributed by atoms with Crippen molar-refractivity contribution in [3.63, 3.8) is 0 Å². The molecule has 0 aliphatic rings. The van der Waals surface area contributed by atoms with Gasteiger partial charge < -0.3 is 0 Å². The van der Waals surface area contributed by atoms with Crippen LogP contribution in [0.3, 0.4) is 0 Å². The minimum atomic E-state index is -0.241. The molecule has 0 bridgehead atoms. The van der Waals surface area contributed by atoms with Crippen LogP contribution in [-0.2, 0) is 0 Å². The van der Waals surface area contributed by atoms with Crippen LogP contribution in [-0.4, -0.2) is 18.4 Å². The average molecular weight is 349 g/mol. The van der Waals surface area contributed by atoms with Crippen molar-refractivity contribution < 1.29 is 4.79 Å². The molecule has 2 aromatic carbocycles. The Kier molecular flexibility index (Phi) is 5.38. The number of halogens is 1. The lowest BCUT2D eigenvalue weighted by molar-refractivity contribution is 0.0954. The van der Waals surface area contributed by atoms with Gasteiger partial charge >= 0.3 is 0 Å². The zero-order valence-corrected chi connectivity index (χ0v) is 13.2. The van der Waals surface area contributed by atoms with Gasteiger partial charge in [-0.15, -0.1) is 11.8 Å². The first kappa shape index (κ1) is 14.8. The van der Waals surface area contributed by atoms with E-state index in [0.29, 0.717) is 5.56 Å². The van der Waals surface area contributed by atoms with Crippen LogP contribution in [0.5, 0.6) is 0 Å². The minimum absolute atomic E-state index is 0.241. The summed E-state index contributed by atoms with van der Waals surface area (Å²) in [4.78, 5) is 13.1. The number of hydrogen-bond donors (Lipinski definition) is 1. The number of nitrogens with zero attached hydrogens (tertiary/aromatic N) is 1. The summed E-state index contributed by atoms with van der Waals surface area (Å²) in [5.41, 5.74) is 4.01. The number of benzene rings is 2. The molecule has 5 heteroatoms. The van der Waals surface area contributed by atoms with Gasteiger partial charge in [-0.1, -0.05) is 24.3 Å². The Morgan fingerprint density at radius 3 is 2.55 bits per heavy atom. The Labute approximate surface area is 130 Å². The molecule has 0 aliphatic heterocycles. The van der Waals surface area contributed by atoms with Crippen LogP contribution in [0.15, 0.2) is 63.0 Å². The Balaban J connectivity index is 1.99. The highest BCUT2D eigenvalue weighted by molar-refractivity contribution is 9.10. The van der Waals surface area contributed by atoms with Gasteiger partial charge in [-0.3, -0.25) is 4.79 Å². The van der Waals surface area contributed by atoms with Crippen LogP contribution in [0, 0.1) is 0 Å². The van der Waals surface area contributed by atoms with Crippen LogP contribution >= 0.6 is 27.7 Å². The fourth-order valence-corrected chi connectivity index (χ4v) is 2.43. The average Bonchev–Trinajstić information content (AvgIpc) is 2.48. The maximum absolute atomic E-state index is 11.9. The number of carbonyl (C=O) groups excluding carboxylic acids is 1. The van der Waals surface area contributed by atoms with Gasteiger partial charge in [-0.25, -0.2) is 5.43 Å². The summed E-state index contributed by atoms with van der Waals surface area (Å²) in [5.74, 6) is -0.241. The Morgan fingerprint density at radius 2 is 1.90 bits per heavy atom. The van der Waals surface area contributed by atoms with Crippen LogP contribution < -0.4 is 5.43 Å². The fraction of sp³-hybridized carbons (Fsp3) is 0.0667. The molecule has 102 valence electrons. The zero-order valence-electron chi connectivity index (χ0n) is 10.8. The predicted molar refractivity (Wildman–Crippen MR) is 87.4 cm³/mol. The third-order valence-electron chi connectivity index (χ3n) is 2.61. The van der Waals surface area contributed by atoms with Gasteiger partial charge in [0, 0.05) is 9.37 Å². The van der Waals surface area contributed by atoms with Crippen molar-refractivity contribution in [2.45, 2.75) is 4.90 Å². The van der Waals surface area contributed by atoms with E-state index in [1.54, 1.807) is 24.0 Å². The number of amides is 1. The van der Waals surface area contributed by atoms with E-state index in [9.17, 15) is 4.79 Å². The second-order valence-corrected chi connectivity index (χ2v) is 5.69. The number of thioether (sulfide) groups is 1. The third-order valence-corrected chi connectivity index (χ3v) is 4.05. The van der Waals surface area contributed by atoms with Crippen molar-refractivity contribution in [1.29, 1.82) is 0 Å². The van der Waals surface area contributed by atoms with Crippen molar-refractivity contribution in [2.24, 2.45) is 5.10 Å². The largest absolute Gasteiger partial charge is 0.272 e. The topological polar surface area (TPSA) is 41.5 Å². The third kappa shape index (κ3) is 3.95. The lowest BCUT2D eigenvalue weighted by Gasteiger charge is -2.02. The van der Waals surface area contributed by atoms with Gasteiger partial charge in [-0.2, -0.15) is 5.10 Å². The Morgan fingerprint density at radius 1 is 1.20 bits per heavy atom. The van der Waals surface area contributed by atoms with Gasteiger partial charge in [-0.05, 0) is 52.0 Å². The summed E-state index contributed by atoms with van der Waals surface area (Å²) >= 11 is 5.02. The fourth-order valence-electron chi connectivity index (χ4n) is 1.56. The van der Waals surface area contributed by atoms with Gasteiger partial charge in [0.15, 0.2) is 0 Å². The minimum Gasteiger partial charge on any atom is -0.267 e.